The second-order valence-electron chi connectivity index (χ2n) is 8.60. The quantitative estimate of drug-likeness (QED) is 0.583. The van der Waals surface area contributed by atoms with Crippen LogP contribution in [0.5, 0.6) is 0 Å². The van der Waals surface area contributed by atoms with Crippen molar-refractivity contribution in [3.63, 3.8) is 0 Å². The van der Waals surface area contributed by atoms with E-state index in [-0.39, 0.29) is 56.4 Å². The smallest absolute Gasteiger partial charge is 1.00 e. The summed E-state index contributed by atoms with van der Waals surface area (Å²) in [4.78, 5) is 0. The van der Waals surface area contributed by atoms with Gasteiger partial charge < -0.3 is 24.8 Å². The Hall–Kier alpha value is -1.14. The third-order valence-corrected chi connectivity index (χ3v) is 6.31. The summed E-state index contributed by atoms with van der Waals surface area (Å²) in [5.41, 5.74) is 12.0. The molecule has 0 amide bonds. The molecule has 0 saturated carbocycles. The van der Waals surface area contributed by atoms with Gasteiger partial charge in [0, 0.05) is 5.92 Å². The average Bonchev–Trinajstić information content (AvgIpc) is 3.24. The van der Waals surface area contributed by atoms with Crippen molar-refractivity contribution in [2.45, 2.75) is 40.0 Å². The second-order valence-corrected chi connectivity index (χ2v) is 8.60. The fraction of sp³-hybridized carbons (Fsp3) is 0.259. The molecule has 0 saturated heterocycles. The number of halogens is 2. The third kappa shape index (κ3) is 4.27. The van der Waals surface area contributed by atoms with Gasteiger partial charge >= 0.3 is 26.2 Å². The van der Waals surface area contributed by atoms with E-state index in [9.17, 15) is 0 Å². The van der Waals surface area contributed by atoms with Crippen LogP contribution in [0.25, 0.3) is 16.7 Å². The number of hydrogen-bond acceptors (Lipinski definition) is 0. The van der Waals surface area contributed by atoms with Gasteiger partial charge in [-0.15, -0.1) is 0 Å². The summed E-state index contributed by atoms with van der Waals surface area (Å²) in [7, 11) is 0. The van der Waals surface area contributed by atoms with E-state index in [1.54, 1.807) is 0 Å². The zero-order chi connectivity index (χ0) is 19.3. The van der Waals surface area contributed by atoms with Crippen molar-refractivity contribution >= 4 is 5.57 Å². The van der Waals surface area contributed by atoms with Crippen molar-refractivity contribution in [3.8, 4) is 11.1 Å². The molecule has 2 aromatic carbocycles. The molecule has 0 spiro atoms. The van der Waals surface area contributed by atoms with E-state index in [0.29, 0.717) is 5.92 Å². The fourth-order valence-electron chi connectivity index (χ4n) is 4.94. The van der Waals surface area contributed by atoms with Crippen molar-refractivity contribution in [3.05, 3.63) is 101 Å². The second kappa shape index (κ2) is 9.99. The number of hydrogen-bond donors (Lipinski definition) is 0. The Bertz CT molecular complexity index is 1040. The molecule has 2 aliphatic carbocycles. The Morgan fingerprint density at radius 3 is 2.17 bits per heavy atom. The molecule has 0 aromatic heterocycles. The first kappa shape index (κ1) is 26.9. The zero-order valence-corrected chi connectivity index (χ0v) is 22.1. The van der Waals surface area contributed by atoms with Gasteiger partial charge in [-0.1, -0.05) is 98.3 Å². The van der Waals surface area contributed by atoms with Crippen LogP contribution in [-0.2, 0) is 26.2 Å². The van der Waals surface area contributed by atoms with Gasteiger partial charge in [-0.3, -0.25) is 0 Å². The van der Waals surface area contributed by atoms with Crippen LogP contribution >= 0.6 is 0 Å². The topological polar surface area (TPSA) is 0 Å². The van der Waals surface area contributed by atoms with Crippen LogP contribution in [0, 0.1) is 5.41 Å². The minimum Gasteiger partial charge on any atom is -1.00 e. The Morgan fingerprint density at radius 2 is 1.53 bits per heavy atom. The molecule has 3 heteroatoms. The van der Waals surface area contributed by atoms with Crippen molar-refractivity contribution in [2.75, 3.05) is 0 Å². The van der Waals surface area contributed by atoms with E-state index in [0.717, 1.165) is 17.6 Å². The minimum atomic E-state index is 0. The van der Waals surface area contributed by atoms with Crippen LogP contribution < -0.4 is 24.8 Å². The summed E-state index contributed by atoms with van der Waals surface area (Å²) < 4.78 is 0. The van der Waals surface area contributed by atoms with Crippen LogP contribution in [0.15, 0.2) is 84.5 Å². The van der Waals surface area contributed by atoms with Crippen molar-refractivity contribution in [1.82, 2.24) is 0 Å². The van der Waals surface area contributed by atoms with Crippen molar-refractivity contribution in [1.29, 1.82) is 0 Å². The van der Waals surface area contributed by atoms with Gasteiger partial charge in [0.15, 0.2) is 0 Å². The zero-order valence-electron chi connectivity index (χ0n) is 18.2. The maximum absolute atomic E-state index is 4.23. The normalized spacial score (nSPS) is 16.1. The molecule has 1 unspecified atom stereocenters. The minimum absolute atomic E-state index is 0. The standard InChI is InChI=1S/C27H28.2ClH.Zr/c1-17(2)19-14-15-22-21-10-7-8-11-23(21)26(24(22)16-19)27(5,6)25-13-9-12-20(25)18(3)4;;;/h7-12,14-16,26H,1,3,13H2,2,4-6H3;2*1H;/q;;;+2/p-2. The Morgan fingerprint density at radius 1 is 0.900 bits per heavy atom. The molecule has 1 atom stereocenters. The number of rotatable bonds is 4. The molecule has 0 radical (unpaired) electrons. The molecule has 30 heavy (non-hydrogen) atoms. The summed E-state index contributed by atoms with van der Waals surface area (Å²) >= 11 is 0. The van der Waals surface area contributed by atoms with Crippen LogP contribution in [-0.4, -0.2) is 0 Å². The Labute approximate surface area is 213 Å². The summed E-state index contributed by atoms with van der Waals surface area (Å²) in [6, 6.07) is 15.8. The van der Waals surface area contributed by atoms with Crippen LogP contribution in [0.4, 0.5) is 0 Å². The van der Waals surface area contributed by atoms with Gasteiger partial charge in [0.1, 0.15) is 0 Å². The van der Waals surface area contributed by atoms with Gasteiger partial charge in [0.05, 0.1) is 0 Å². The van der Waals surface area contributed by atoms with Gasteiger partial charge in [0.25, 0.3) is 0 Å². The molecule has 0 aliphatic heterocycles. The van der Waals surface area contributed by atoms with Gasteiger partial charge in [-0.05, 0) is 59.1 Å². The van der Waals surface area contributed by atoms with E-state index in [4.69, 9.17) is 0 Å². The monoisotopic (exact) mass is 512 g/mol. The molecular weight excluding hydrogens is 486 g/mol. The first-order chi connectivity index (χ1) is 12.8. The molecule has 2 aliphatic rings. The largest absolute Gasteiger partial charge is 2.00 e. The van der Waals surface area contributed by atoms with Crippen molar-refractivity contribution < 1.29 is 51.0 Å². The molecule has 0 bridgehead atoms. The fourth-order valence-corrected chi connectivity index (χ4v) is 4.94. The number of benzene rings is 2. The Balaban J connectivity index is 0.00000150. The summed E-state index contributed by atoms with van der Waals surface area (Å²) in [6.45, 7) is 17.4. The number of allylic oxidation sites excluding steroid dienone is 6. The van der Waals surface area contributed by atoms with E-state index in [1.165, 1.54) is 39.0 Å². The van der Waals surface area contributed by atoms with E-state index in [1.807, 2.05) is 0 Å². The van der Waals surface area contributed by atoms with Crippen molar-refractivity contribution in [2.24, 2.45) is 5.41 Å². The first-order valence-corrected chi connectivity index (χ1v) is 9.77. The molecule has 0 fully saturated rings. The molecule has 0 nitrogen and oxygen atoms in total. The first-order valence-electron chi connectivity index (χ1n) is 9.77. The SMILES string of the molecule is C=C(C)C1=C(C(C)(C)C2c3ccccc3-c3ccc(C(=C)C)cc32)CC=C1.[Cl-].[Cl-].[Zr+2]. The van der Waals surface area contributed by atoms with Crippen LogP contribution in [0.3, 0.4) is 0 Å². The maximum atomic E-state index is 4.23. The molecule has 2 aromatic rings. The van der Waals surface area contributed by atoms with Gasteiger partial charge in [-0.25, -0.2) is 0 Å². The van der Waals surface area contributed by atoms with Crippen LogP contribution in [0.1, 0.15) is 56.7 Å². The predicted molar refractivity (Wildman–Crippen MR) is 118 cm³/mol. The number of fused-ring (bicyclic) bond motifs is 3. The summed E-state index contributed by atoms with van der Waals surface area (Å²) in [5.74, 6) is 0.340. The summed E-state index contributed by atoms with van der Waals surface area (Å²) in [6.07, 6.45) is 5.56. The van der Waals surface area contributed by atoms with Crippen LogP contribution in [0.2, 0.25) is 0 Å². The predicted octanol–water partition coefficient (Wildman–Crippen LogP) is 1.70. The van der Waals surface area contributed by atoms with Gasteiger partial charge in [-0.2, -0.15) is 0 Å². The Kier molecular flexibility index (Phi) is 8.96. The molecule has 4 rings (SSSR count). The van der Waals surface area contributed by atoms with E-state index >= 15 is 0 Å². The molecule has 0 heterocycles. The van der Waals surface area contributed by atoms with E-state index < -0.39 is 0 Å². The molecular formula is C27H28Cl2Zr. The van der Waals surface area contributed by atoms with E-state index in [2.05, 4.69) is 95.5 Å². The molecule has 154 valence electrons. The third-order valence-electron chi connectivity index (χ3n) is 6.31. The average molecular weight is 515 g/mol. The maximum Gasteiger partial charge on any atom is 2.00 e. The molecule has 0 N–H and O–H groups in total. The summed E-state index contributed by atoms with van der Waals surface area (Å²) in [5, 5.41) is 0. The van der Waals surface area contributed by atoms with Gasteiger partial charge in [0.2, 0.25) is 0 Å².